The fraction of sp³-hybridized carbons (Fsp3) is 0.700. The van der Waals surface area contributed by atoms with E-state index in [1.165, 1.54) is 6.92 Å². The van der Waals surface area contributed by atoms with Crippen molar-refractivity contribution in [3.05, 3.63) is 0 Å². The molecule has 7 nitrogen and oxygen atoms in total. The monoisotopic (exact) mass is 288 g/mol. The van der Waals surface area contributed by atoms with Crippen LogP contribution in [0.5, 0.6) is 0 Å². The van der Waals surface area contributed by atoms with E-state index in [9.17, 15) is 19.5 Å². The molecule has 1 fully saturated rings. The van der Waals surface area contributed by atoms with Gasteiger partial charge in [-0.2, -0.15) is 0 Å². The summed E-state index contributed by atoms with van der Waals surface area (Å²) >= 11 is 0. The minimum atomic E-state index is -0.813. The summed E-state index contributed by atoms with van der Waals surface area (Å²) in [4.78, 5) is 37.1. The average molecular weight is 288 g/mol. The van der Waals surface area contributed by atoms with Crippen molar-refractivity contribution < 1.29 is 24.0 Å². The summed E-state index contributed by atoms with van der Waals surface area (Å²) in [5.74, 6) is -2.28. The zero-order valence-electron chi connectivity index (χ0n) is 11.1. The summed E-state index contributed by atoms with van der Waals surface area (Å²) in [6.07, 6.45) is -1.14. The zero-order chi connectivity index (χ0) is 14.6. The van der Waals surface area contributed by atoms with Gasteiger partial charge < -0.3 is 19.9 Å². The molecule has 0 spiro atoms. The first kappa shape index (κ1) is 16.1. The number of rotatable bonds is 7. The smallest absolute Gasteiger partial charge is 0.316 e. The van der Waals surface area contributed by atoms with Gasteiger partial charge in [-0.25, -0.2) is 0 Å². The minimum absolute atomic E-state index is 0.177. The molecule has 1 rings (SSSR count). The van der Waals surface area contributed by atoms with E-state index in [4.69, 9.17) is 4.52 Å². The van der Waals surface area contributed by atoms with Crippen molar-refractivity contribution in [2.45, 2.75) is 32.4 Å². The van der Waals surface area contributed by atoms with Crippen LogP contribution < -0.4 is 10.3 Å². The number of β-lactam (4-membered cyclic amide) rings is 1. The summed E-state index contributed by atoms with van der Waals surface area (Å²) < 4.78 is 4.76. The number of carbonyl (C=O) groups excluding carboxylic acids is 3. The van der Waals surface area contributed by atoms with Crippen LogP contribution >= 0.6 is 8.96 Å². The maximum Gasteiger partial charge on any atom is 0.316 e. The topological polar surface area (TPSA) is 105 Å². The fourth-order valence-electron chi connectivity index (χ4n) is 2.02. The van der Waals surface area contributed by atoms with Crippen molar-refractivity contribution in [2.24, 2.45) is 11.8 Å². The van der Waals surface area contributed by atoms with E-state index >= 15 is 0 Å². The van der Waals surface area contributed by atoms with Crippen molar-refractivity contribution in [3.63, 3.8) is 0 Å². The lowest BCUT2D eigenvalue weighted by molar-refractivity contribution is -0.145. The van der Waals surface area contributed by atoms with Crippen molar-refractivity contribution in [1.29, 1.82) is 0 Å². The van der Waals surface area contributed by atoms with Crippen LogP contribution in [0.4, 0.5) is 0 Å². The van der Waals surface area contributed by atoms with Crippen LogP contribution in [0.15, 0.2) is 0 Å². The van der Waals surface area contributed by atoms with Gasteiger partial charge in [-0.05, 0) is 6.92 Å². The number of ketones is 1. The van der Waals surface area contributed by atoms with Crippen LogP contribution in [-0.2, 0) is 18.9 Å². The Hall–Kier alpha value is -0.975. The van der Waals surface area contributed by atoms with E-state index in [1.807, 2.05) is 0 Å². The molecule has 5 atom stereocenters. The summed E-state index contributed by atoms with van der Waals surface area (Å²) in [5, 5.41) is 12.1. The van der Waals surface area contributed by atoms with E-state index < -0.39 is 30.0 Å². The van der Waals surface area contributed by atoms with Crippen molar-refractivity contribution in [1.82, 2.24) is 10.3 Å². The first-order valence-electron chi connectivity index (χ1n) is 6.01. The highest BCUT2D eigenvalue weighted by atomic mass is 31.1. The number of Topliss-reactive ketones (excluding diaryl/α,β-unsaturated/α-hetero) is 1. The molecule has 0 bridgehead atoms. The van der Waals surface area contributed by atoms with Crippen LogP contribution in [-0.4, -0.2) is 42.9 Å². The highest BCUT2D eigenvalue weighted by Gasteiger charge is 2.47. The van der Waals surface area contributed by atoms with Gasteiger partial charge in [0.2, 0.25) is 5.91 Å². The average Bonchev–Trinajstić information content (AvgIpc) is 2.31. The molecule has 1 aliphatic rings. The van der Waals surface area contributed by atoms with Crippen LogP contribution in [0.25, 0.3) is 0 Å². The van der Waals surface area contributed by atoms with Gasteiger partial charge in [0.15, 0.2) is 7.98 Å². The van der Waals surface area contributed by atoms with Gasteiger partial charge in [0.1, 0.15) is 21.2 Å². The molecule has 1 aliphatic heterocycles. The third kappa shape index (κ3) is 3.99. The Labute approximate surface area is 114 Å². The molecule has 19 heavy (non-hydrogen) atoms. The number of aliphatic hydroxyl groups excluding tert-OH is 1. The highest BCUT2D eigenvalue weighted by Crippen LogP contribution is 2.26. The molecular weight excluding hydrogens is 270 g/mol. The quantitative estimate of drug-likeness (QED) is 0.222. The number of nitrogens with one attached hydrogen (secondary N) is 2. The third-order valence-electron chi connectivity index (χ3n) is 3.15. The molecule has 0 aliphatic carbocycles. The molecule has 106 valence electrons. The van der Waals surface area contributed by atoms with Gasteiger partial charge in [0, 0.05) is 5.92 Å². The Morgan fingerprint density at radius 2 is 2.21 bits per heavy atom. The lowest BCUT2D eigenvalue weighted by Crippen LogP contribution is -2.65. The Bertz CT molecular complexity index is 379. The number of amides is 1. The molecule has 9 heteroatoms. The Kier molecular flexibility index (Phi) is 5.91. The van der Waals surface area contributed by atoms with Gasteiger partial charge >= 0.3 is 5.97 Å². The number of hydrogen-bond acceptors (Lipinski definition) is 6. The van der Waals surface area contributed by atoms with E-state index in [-0.39, 0.29) is 27.1 Å². The molecule has 1 saturated heterocycles. The Morgan fingerprint density at radius 3 is 2.68 bits per heavy atom. The molecule has 0 aromatic heterocycles. The summed E-state index contributed by atoms with van der Waals surface area (Å²) in [7, 11) is 1.45. The van der Waals surface area contributed by atoms with Crippen molar-refractivity contribution in [3.8, 4) is 0 Å². The second-order valence-electron chi connectivity index (χ2n) is 4.56. The molecule has 0 aromatic rings. The summed E-state index contributed by atoms with van der Waals surface area (Å²) in [6, 6.07) is -0.417. The fourth-order valence-corrected chi connectivity index (χ4v) is 2.31. The number of aliphatic hydroxyl groups is 1. The van der Waals surface area contributed by atoms with Gasteiger partial charge in [0.25, 0.3) is 0 Å². The van der Waals surface area contributed by atoms with Gasteiger partial charge in [0.05, 0.1) is 18.1 Å². The second kappa shape index (κ2) is 6.98. The molecule has 0 radical (unpaired) electrons. The van der Waals surface area contributed by atoms with Gasteiger partial charge in [-0.3, -0.25) is 14.4 Å². The minimum Gasteiger partial charge on any atom is -0.432 e. The van der Waals surface area contributed by atoms with Crippen LogP contribution in [0, 0.1) is 11.8 Å². The van der Waals surface area contributed by atoms with Crippen LogP contribution in [0.2, 0.25) is 0 Å². The van der Waals surface area contributed by atoms with Gasteiger partial charge in [-0.1, -0.05) is 6.92 Å². The number of hydrogen-bond donors (Lipinski definition) is 3. The highest BCUT2D eigenvalue weighted by molar-refractivity contribution is 7.32. The Morgan fingerprint density at radius 1 is 1.58 bits per heavy atom. The van der Waals surface area contributed by atoms with Crippen molar-refractivity contribution in [2.75, 3.05) is 0 Å². The van der Waals surface area contributed by atoms with E-state index in [0.717, 1.165) is 0 Å². The third-order valence-corrected chi connectivity index (χ3v) is 3.68. The zero-order valence-corrected chi connectivity index (χ0v) is 12.1. The molecule has 1 heterocycles. The Balaban J connectivity index is 2.49. The van der Waals surface area contributed by atoms with Crippen LogP contribution in [0.3, 0.4) is 0 Å². The maximum atomic E-state index is 11.9. The predicted octanol–water partition coefficient (Wildman–Crippen LogP) is -1.73. The first-order chi connectivity index (χ1) is 8.88. The molecular formula is C10H18BN2O5P. The lowest BCUT2D eigenvalue weighted by atomic mass is 9.77. The van der Waals surface area contributed by atoms with E-state index in [2.05, 4.69) is 10.3 Å². The van der Waals surface area contributed by atoms with Gasteiger partial charge in [-0.15, -0.1) is 0 Å². The van der Waals surface area contributed by atoms with E-state index in [1.54, 1.807) is 14.9 Å². The molecule has 0 saturated carbocycles. The van der Waals surface area contributed by atoms with Crippen LogP contribution in [0.1, 0.15) is 20.3 Å². The van der Waals surface area contributed by atoms with Crippen molar-refractivity contribution >= 4 is 34.6 Å². The molecule has 5 unspecified atom stereocenters. The SMILES string of the molecule is BNPOC(=O)CC(=O)C(C)C1NC(=O)C1C(C)O. The standard InChI is InChI=1S/C10H18BN2O5P/c1-4(6(15)3-7(16)18-19-13-11)9-8(5(2)14)10(17)12-9/h4-5,8-9,13-14,19H,3,11H2,1-2H3,(H,12,17). The summed E-state index contributed by atoms with van der Waals surface area (Å²) in [6.45, 7) is 3.14. The number of carbonyl (C=O) groups is 3. The maximum absolute atomic E-state index is 11.9. The molecule has 3 N–H and O–H groups in total. The second-order valence-corrected chi connectivity index (χ2v) is 5.47. The molecule has 1 amide bonds. The lowest BCUT2D eigenvalue weighted by Gasteiger charge is -2.41. The first-order valence-corrected chi connectivity index (χ1v) is 6.91. The normalized spacial score (nSPS) is 25.5. The summed E-state index contributed by atoms with van der Waals surface area (Å²) in [5.41, 5.74) is 0. The largest absolute Gasteiger partial charge is 0.432 e. The molecule has 0 aromatic carbocycles. The predicted molar refractivity (Wildman–Crippen MR) is 72.0 cm³/mol. The van der Waals surface area contributed by atoms with E-state index in [0.29, 0.717) is 0 Å².